The molecule has 1 amide bonds. The van der Waals surface area contributed by atoms with E-state index in [2.05, 4.69) is 15.5 Å². The normalized spacial score (nSPS) is 10.3. The summed E-state index contributed by atoms with van der Waals surface area (Å²) < 4.78 is 5.29. The first-order valence-corrected chi connectivity index (χ1v) is 8.68. The third-order valence-corrected chi connectivity index (χ3v) is 4.15. The van der Waals surface area contributed by atoms with Crippen LogP contribution in [0.1, 0.15) is 16.1 Å². The van der Waals surface area contributed by atoms with E-state index >= 15 is 0 Å². The number of halogens is 1. The molecule has 3 rings (SSSR count). The van der Waals surface area contributed by atoms with Crippen LogP contribution in [0.2, 0.25) is 5.02 Å². The Labute approximate surface area is 162 Å². The fourth-order valence-electron chi connectivity index (χ4n) is 2.55. The number of anilines is 2. The van der Waals surface area contributed by atoms with Crippen molar-refractivity contribution in [3.8, 4) is 5.75 Å². The summed E-state index contributed by atoms with van der Waals surface area (Å²) in [7, 11) is 3.31. The molecule has 1 aromatic heterocycles. The van der Waals surface area contributed by atoms with Crippen molar-refractivity contribution < 1.29 is 9.53 Å². The molecular formula is C20H19ClN4O2. The summed E-state index contributed by atoms with van der Waals surface area (Å²) in [5, 5.41) is 11.8. The van der Waals surface area contributed by atoms with Crippen LogP contribution < -0.4 is 10.1 Å². The Morgan fingerprint density at radius 1 is 1.11 bits per heavy atom. The van der Waals surface area contributed by atoms with Crippen LogP contribution in [0.25, 0.3) is 0 Å². The maximum absolute atomic E-state index is 12.5. The van der Waals surface area contributed by atoms with Crippen molar-refractivity contribution in [3.05, 3.63) is 76.9 Å². The lowest BCUT2D eigenvalue weighted by Gasteiger charge is -2.16. The van der Waals surface area contributed by atoms with Gasteiger partial charge in [0.15, 0.2) is 11.5 Å². The molecule has 0 aliphatic heterocycles. The summed E-state index contributed by atoms with van der Waals surface area (Å²) in [6.45, 7) is 0.501. The molecule has 6 nitrogen and oxygen atoms in total. The van der Waals surface area contributed by atoms with Gasteiger partial charge in [-0.1, -0.05) is 41.9 Å². The molecule has 0 atom stereocenters. The Kier molecular flexibility index (Phi) is 5.88. The minimum Gasteiger partial charge on any atom is -0.495 e. The largest absolute Gasteiger partial charge is 0.495 e. The first-order chi connectivity index (χ1) is 13.1. The Morgan fingerprint density at radius 2 is 1.89 bits per heavy atom. The molecule has 3 aromatic rings. The van der Waals surface area contributed by atoms with Crippen molar-refractivity contribution in [3.63, 3.8) is 0 Å². The van der Waals surface area contributed by atoms with E-state index in [0.29, 0.717) is 28.8 Å². The number of carbonyl (C=O) groups excluding carboxylic acids is 1. The number of amides is 1. The van der Waals surface area contributed by atoms with E-state index in [1.165, 1.54) is 0 Å². The van der Waals surface area contributed by atoms with Gasteiger partial charge in [0, 0.05) is 18.6 Å². The van der Waals surface area contributed by atoms with Gasteiger partial charge in [-0.05, 0) is 35.9 Å². The van der Waals surface area contributed by atoms with Crippen molar-refractivity contribution in [2.45, 2.75) is 6.54 Å². The van der Waals surface area contributed by atoms with E-state index in [0.717, 1.165) is 5.56 Å². The van der Waals surface area contributed by atoms with Crippen LogP contribution in [0, 0.1) is 0 Å². The zero-order valence-corrected chi connectivity index (χ0v) is 15.8. The lowest BCUT2D eigenvalue weighted by atomic mass is 10.2. The molecule has 2 aromatic carbocycles. The second kappa shape index (κ2) is 8.51. The van der Waals surface area contributed by atoms with Gasteiger partial charge in [0.2, 0.25) is 0 Å². The predicted octanol–water partition coefficient (Wildman–Crippen LogP) is 4.15. The number of hydrogen-bond donors (Lipinski definition) is 1. The van der Waals surface area contributed by atoms with Crippen LogP contribution in [0.15, 0.2) is 60.7 Å². The highest BCUT2D eigenvalue weighted by atomic mass is 35.5. The molecule has 7 heteroatoms. The van der Waals surface area contributed by atoms with Crippen LogP contribution in [-0.4, -0.2) is 35.2 Å². The molecule has 1 N–H and O–H groups in total. The molecule has 0 aliphatic carbocycles. The first-order valence-electron chi connectivity index (χ1n) is 8.30. The van der Waals surface area contributed by atoms with Gasteiger partial charge in [-0.2, -0.15) is 0 Å². The number of ether oxygens (including phenoxy) is 1. The fraction of sp³-hybridized carbons (Fsp3) is 0.150. The highest BCUT2D eigenvalue weighted by Crippen LogP contribution is 2.29. The summed E-state index contributed by atoms with van der Waals surface area (Å²) in [4.78, 5) is 14.1. The molecular weight excluding hydrogens is 364 g/mol. The molecule has 0 fully saturated rings. The van der Waals surface area contributed by atoms with Crippen molar-refractivity contribution in [2.75, 3.05) is 19.5 Å². The highest BCUT2D eigenvalue weighted by Gasteiger charge is 2.14. The van der Waals surface area contributed by atoms with Gasteiger partial charge >= 0.3 is 0 Å². The van der Waals surface area contributed by atoms with Crippen molar-refractivity contribution in [2.24, 2.45) is 0 Å². The first kappa shape index (κ1) is 18.7. The van der Waals surface area contributed by atoms with Gasteiger partial charge in [0.1, 0.15) is 5.75 Å². The zero-order valence-electron chi connectivity index (χ0n) is 15.0. The van der Waals surface area contributed by atoms with Crippen LogP contribution in [-0.2, 0) is 6.54 Å². The molecule has 0 aliphatic rings. The third kappa shape index (κ3) is 4.74. The van der Waals surface area contributed by atoms with E-state index in [4.69, 9.17) is 16.3 Å². The van der Waals surface area contributed by atoms with Crippen LogP contribution in [0.5, 0.6) is 5.75 Å². The van der Waals surface area contributed by atoms with E-state index in [1.54, 1.807) is 49.4 Å². The summed E-state index contributed by atoms with van der Waals surface area (Å²) in [5.74, 6) is 0.917. The lowest BCUT2D eigenvalue weighted by molar-refractivity contribution is 0.0778. The van der Waals surface area contributed by atoms with E-state index < -0.39 is 0 Å². The van der Waals surface area contributed by atoms with Gasteiger partial charge in [-0.25, -0.2) is 0 Å². The van der Waals surface area contributed by atoms with Crippen molar-refractivity contribution >= 4 is 29.0 Å². The molecule has 0 saturated heterocycles. The van der Waals surface area contributed by atoms with Gasteiger partial charge < -0.3 is 15.0 Å². The highest BCUT2D eigenvalue weighted by molar-refractivity contribution is 6.31. The smallest absolute Gasteiger partial charge is 0.274 e. The Bertz CT molecular complexity index is 917. The molecule has 0 unspecified atom stereocenters. The third-order valence-electron chi connectivity index (χ3n) is 3.92. The number of aromatic nitrogens is 2. The van der Waals surface area contributed by atoms with E-state index in [-0.39, 0.29) is 11.6 Å². The minimum absolute atomic E-state index is 0.196. The van der Waals surface area contributed by atoms with Gasteiger partial charge in [0.25, 0.3) is 5.91 Å². The number of methoxy groups -OCH3 is 1. The zero-order chi connectivity index (χ0) is 19.2. The molecule has 0 bridgehead atoms. The number of nitrogens with zero attached hydrogens (tertiary/aromatic N) is 3. The van der Waals surface area contributed by atoms with Crippen LogP contribution in [0.3, 0.4) is 0 Å². The quantitative estimate of drug-likeness (QED) is 0.693. The second-order valence-corrected chi connectivity index (χ2v) is 6.36. The predicted molar refractivity (Wildman–Crippen MR) is 106 cm³/mol. The monoisotopic (exact) mass is 382 g/mol. The number of rotatable bonds is 6. The minimum atomic E-state index is -0.196. The molecule has 0 saturated carbocycles. The summed E-state index contributed by atoms with van der Waals surface area (Å²) in [5.41, 5.74) is 1.99. The lowest BCUT2D eigenvalue weighted by Crippen LogP contribution is -2.27. The molecule has 27 heavy (non-hydrogen) atoms. The van der Waals surface area contributed by atoms with Crippen LogP contribution in [0.4, 0.5) is 11.5 Å². The number of nitrogens with one attached hydrogen (secondary N) is 1. The standard InChI is InChI=1S/C20H19ClN4O2/c1-25(13-14-6-4-3-5-7-14)20(26)16-9-11-19(24-23-16)22-17-12-15(21)8-10-18(17)27-2/h3-12H,13H2,1-2H3,(H,22,24). The second-order valence-electron chi connectivity index (χ2n) is 5.92. The van der Waals surface area contributed by atoms with Crippen LogP contribution >= 0.6 is 11.6 Å². The van der Waals surface area contributed by atoms with Crippen molar-refractivity contribution in [1.82, 2.24) is 15.1 Å². The number of carbonyl (C=O) groups is 1. The van der Waals surface area contributed by atoms with Gasteiger partial charge in [0.05, 0.1) is 12.8 Å². The Hall–Kier alpha value is -3.12. The summed E-state index contributed by atoms with van der Waals surface area (Å²) >= 11 is 6.03. The Balaban J connectivity index is 1.70. The molecule has 1 heterocycles. The van der Waals surface area contributed by atoms with E-state index in [9.17, 15) is 4.79 Å². The SMILES string of the molecule is COc1ccc(Cl)cc1Nc1ccc(C(=O)N(C)Cc2ccccc2)nn1. The number of benzene rings is 2. The van der Waals surface area contributed by atoms with Crippen molar-refractivity contribution in [1.29, 1.82) is 0 Å². The van der Waals surface area contributed by atoms with Gasteiger partial charge in [-0.3, -0.25) is 4.79 Å². The average molecular weight is 383 g/mol. The topological polar surface area (TPSA) is 67.3 Å². The molecule has 0 spiro atoms. The summed E-state index contributed by atoms with van der Waals surface area (Å²) in [6.07, 6.45) is 0. The maximum atomic E-state index is 12.5. The fourth-order valence-corrected chi connectivity index (χ4v) is 2.73. The maximum Gasteiger partial charge on any atom is 0.274 e. The Morgan fingerprint density at radius 3 is 2.56 bits per heavy atom. The number of hydrogen-bond acceptors (Lipinski definition) is 5. The molecule has 138 valence electrons. The average Bonchev–Trinajstić information content (AvgIpc) is 2.69. The van der Waals surface area contributed by atoms with E-state index in [1.807, 2.05) is 30.3 Å². The summed E-state index contributed by atoms with van der Waals surface area (Å²) in [6, 6.07) is 18.3. The molecule has 0 radical (unpaired) electrons. The van der Waals surface area contributed by atoms with Gasteiger partial charge in [-0.15, -0.1) is 10.2 Å².